The second-order valence-corrected chi connectivity index (χ2v) is 6.85. The molecule has 1 aromatic heterocycles. The van der Waals surface area contributed by atoms with Crippen LogP contribution in [-0.4, -0.2) is 43.1 Å². The molecule has 0 radical (unpaired) electrons. The van der Waals surface area contributed by atoms with Gasteiger partial charge in [-0.2, -0.15) is 13.2 Å². The molecule has 5 nitrogen and oxygen atoms in total. The van der Waals surface area contributed by atoms with Crippen LogP contribution in [0.5, 0.6) is 5.75 Å². The number of benzene rings is 1. The van der Waals surface area contributed by atoms with E-state index < -0.39 is 17.8 Å². The lowest BCUT2D eigenvalue weighted by atomic mass is 10.2. The van der Waals surface area contributed by atoms with Crippen molar-refractivity contribution in [2.75, 3.05) is 31.1 Å². The normalized spacial score (nSPS) is 16.0. The minimum atomic E-state index is -4.37. The number of piperazine rings is 1. The lowest BCUT2D eigenvalue weighted by Gasteiger charge is -2.32. The first-order valence-electron chi connectivity index (χ1n) is 9.10. The molecule has 2 aromatic rings. The number of aryl methyl sites for hydroxylation is 1. The lowest BCUT2D eigenvalue weighted by molar-refractivity contribution is -0.367. The minimum Gasteiger partial charge on any atom is -0.481 e. The maximum Gasteiger partial charge on any atom is 0.419 e. The third kappa shape index (κ3) is 4.74. The number of H-pyrrole nitrogens is 1. The largest absolute Gasteiger partial charge is 0.481 e. The minimum absolute atomic E-state index is 0.0995. The van der Waals surface area contributed by atoms with Crippen LogP contribution in [0.1, 0.15) is 18.1 Å². The molecule has 0 saturated carbocycles. The number of alkyl halides is 3. The van der Waals surface area contributed by atoms with Gasteiger partial charge in [-0.25, -0.2) is 4.98 Å². The van der Waals surface area contributed by atoms with Crippen LogP contribution in [0.3, 0.4) is 0 Å². The molecular formula is C20H23F3N3O2+. The van der Waals surface area contributed by atoms with Crippen molar-refractivity contribution < 1.29 is 27.7 Å². The smallest absolute Gasteiger partial charge is 0.419 e. The number of aromatic amines is 1. The topological polar surface area (TPSA) is 46.9 Å². The first-order chi connectivity index (χ1) is 13.2. The highest BCUT2D eigenvalue weighted by molar-refractivity contribution is 5.81. The van der Waals surface area contributed by atoms with Gasteiger partial charge in [0, 0.05) is 6.07 Å². The SMILES string of the molecule is Cc1cccc(O[C@H](C)C(=O)N2CCN(c3ccc(C(F)(F)F)c[nH+]3)CC2)c1. The Bertz CT molecular complexity index is 816. The van der Waals surface area contributed by atoms with E-state index in [1.54, 1.807) is 11.8 Å². The van der Waals surface area contributed by atoms with Gasteiger partial charge in [0.25, 0.3) is 11.7 Å². The van der Waals surface area contributed by atoms with E-state index in [-0.39, 0.29) is 5.91 Å². The van der Waals surface area contributed by atoms with Crippen molar-refractivity contribution in [1.82, 2.24) is 4.90 Å². The summed E-state index contributed by atoms with van der Waals surface area (Å²) in [6, 6.07) is 10.0. The highest BCUT2D eigenvalue weighted by Gasteiger charge is 2.33. The van der Waals surface area contributed by atoms with Crippen molar-refractivity contribution >= 4 is 11.7 Å². The predicted octanol–water partition coefficient (Wildman–Crippen LogP) is 2.94. The van der Waals surface area contributed by atoms with Crippen LogP contribution >= 0.6 is 0 Å². The number of carbonyl (C=O) groups excluding carboxylic acids is 1. The van der Waals surface area contributed by atoms with Gasteiger partial charge >= 0.3 is 6.18 Å². The first kappa shape index (κ1) is 20.0. The number of halogens is 3. The van der Waals surface area contributed by atoms with E-state index in [1.807, 2.05) is 36.1 Å². The second-order valence-electron chi connectivity index (χ2n) is 6.85. The van der Waals surface area contributed by atoms with E-state index in [9.17, 15) is 18.0 Å². The molecule has 1 N–H and O–H groups in total. The Hall–Kier alpha value is -2.77. The molecule has 1 atom stereocenters. The molecule has 28 heavy (non-hydrogen) atoms. The number of carbonyl (C=O) groups is 1. The van der Waals surface area contributed by atoms with Crippen LogP contribution in [0, 0.1) is 6.92 Å². The van der Waals surface area contributed by atoms with Gasteiger partial charge in [-0.1, -0.05) is 12.1 Å². The Morgan fingerprint density at radius 2 is 1.86 bits per heavy atom. The third-order valence-corrected chi connectivity index (χ3v) is 4.71. The average Bonchev–Trinajstić information content (AvgIpc) is 2.67. The van der Waals surface area contributed by atoms with Crippen LogP contribution in [0.2, 0.25) is 0 Å². The van der Waals surface area contributed by atoms with Crippen LogP contribution < -0.4 is 14.6 Å². The summed E-state index contributed by atoms with van der Waals surface area (Å²) in [5.41, 5.74) is 0.339. The maximum atomic E-state index is 12.7. The van der Waals surface area contributed by atoms with Crippen molar-refractivity contribution in [1.29, 1.82) is 0 Å². The standard InChI is InChI=1S/C20H22F3N3O2/c1-14-4-3-5-17(12-14)28-15(2)19(27)26-10-8-25(9-11-26)18-7-6-16(13-24-18)20(21,22)23/h3-7,12-13,15H,8-11H2,1-2H3/p+1/t15-/m1/s1. The number of hydrogen-bond donors (Lipinski definition) is 0. The van der Waals surface area contributed by atoms with Crippen LogP contribution in [-0.2, 0) is 11.0 Å². The molecule has 2 heterocycles. The molecule has 0 spiro atoms. The number of hydrogen-bond acceptors (Lipinski definition) is 3. The molecular weight excluding hydrogens is 371 g/mol. The number of amides is 1. The van der Waals surface area contributed by atoms with Gasteiger partial charge in [0.2, 0.25) is 0 Å². The van der Waals surface area contributed by atoms with Crippen LogP contribution in [0.25, 0.3) is 0 Å². The summed E-state index contributed by atoms with van der Waals surface area (Å²) < 4.78 is 43.7. The van der Waals surface area contributed by atoms with Gasteiger partial charge in [0.15, 0.2) is 6.10 Å². The molecule has 3 rings (SSSR count). The fraction of sp³-hybridized carbons (Fsp3) is 0.400. The monoisotopic (exact) mass is 394 g/mol. The number of ether oxygens (including phenoxy) is 1. The molecule has 1 saturated heterocycles. The molecule has 1 aliphatic rings. The van der Waals surface area contributed by atoms with Gasteiger partial charge in [-0.15, -0.1) is 0 Å². The molecule has 0 bridgehead atoms. The van der Waals surface area contributed by atoms with Crippen molar-refractivity contribution in [2.45, 2.75) is 26.1 Å². The van der Waals surface area contributed by atoms with Gasteiger partial charge in [0.1, 0.15) is 25.0 Å². The van der Waals surface area contributed by atoms with Gasteiger partial charge in [0.05, 0.1) is 18.7 Å². The van der Waals surface area contributed by atoms with Gasteiger partial charge < -0.3 is 9.64 Å². The Kier molecular flexibility index (Phi) is 5.76. The quantitative estimate of drug-likeness (QED) is 0.801. The summed E-state index contributed by atoms with van der Waals surface area (Å²) >= 11 is 0. The molecule has 1 aliphatic heterocycles. The Morgan fingerprint density at radius 3 is 2.43 bits per heavy atom. The second kappa shape index (κ2) is 8.08. The number of anilines is 1. The third-order valence-electron chi connectivity index (χ3n) is 4.71. The summed E-state index contributed by atoms with van der Waals surface area (Å²) in [6.45, 7) is 5.71. The Labute approximate surface area is 161 Å². The zero-order valence-corrected chi connectivity index (χ0v) is 15.8. The van der Waals surface area contributed by atoms with Crippen molar-refractivity contribution in [3.8, 4) is 5.75 Å². The average molecular weight is 394 g/mol. The Morgan fingerprint density at radius 1 is 1.14 bits per heavy atom. The molecule has 8 heteroatoms. The fourth-order valence-corrected chi connectivity index (χ4v) is 3.16. The van der Waals surface area contributed by atoms with E-state index in [0.717, 1.165) is 17.8 Å². The molecule has 0 aliphatic carbocycles. The summed E-state index contributed by atoms with van der Waals surface area (Å²) in [5, 5.41) is 0. The number of pyridine rings is 1. The van der Waals surface area contributed by atoms with Crippen molar-refractivity contribution in [2.24, 2.45) is 0 Å². The van der Waals surface area contributed by atoms with Gasteiger partial charge in [-0.3, -0.25) is 9.69 Å². The molecule has 1 aromatic carbocycles. The summed E-state index contributed by atoms with van der Waals surface area (Å²) in [4.78, 5) is 19.0. The Balaban J connectivity index is 1.55. The molecule has 150 valence electrons. The predicted molar refractivity (Wildman–Crippen MR) is 98.1 cm³/mol. The molecule has 0 unspecified atom stereocenters. The highest BCUT2D eigenvalue weighted by Crippen LogP contribution is 2.28. The van der Waals surface area contributed by atoms with Crippen molar-refractivity contribution in [3.05, 3.63) is 53.7 Å². The fourth-order valence-electron chi connectivity index (χ4n) is 3.16. The van der Waals surface area contributed by atoms with E-state index in [1.165, 1.54) is 6.07 Å². The highest BCUT2D eigenvalue weighted by atomic mass is 19.4. The van der Waals surface area contributed by atoms with E-state index in [2.05, 4.69) is 4.98 Å². The number of aromatic nitrogens is 1. The summed E-state index contributed by atoms with van der Waals surface area (Å²) in [6.07, 6.45) is -4.01. The number of nitrogens with zero attached hydrogens (tertiary/aromatic N) is 2. The van der Waals surface area contributed by atoms with E-state index in [0.29, 0.717) is 37.7 Å². The van der Waals surface area contributed by atoms with Crippen molar-refractivity contribution in [3.63, 3.8) is 0 Å². The van der Waals surface area contributed by atoms with E-state index in [4.69, 9.17) is 4.74 Å². The summed E-state index contributed by atoms with van der Waals surface area (Å²) in [5.74, 6) is 1.15. The maximum absolute atomic E-state index is 12.7. The molecule has 1 fully saturated rings. The zero-order valence-electron chi connectivity index (χ0n) is 15.8. The summed E-state index contributed by atoms with van der Waals surface area (Å²) in [7, 11) is 0. The van der Waals surface area contributed by atoms with Crippen LogP contribution in [0.4, 0.5) is 19.0 Å². The number of rotatable bonds is 4. The zero-order chi connectivity index (χ0) is 20.3. The molecule has 1 amide bonds. The van der Waals surface area contributed by atoms with Crippen LogP contribution in [0.15, 0.2) is 42.6 Å². The number of nitrogens with one attached hydrogen (secondary N) is 1. The van der Waals surface area contributed by atoms with Gasteiger partial charge in [-0.05, 0) is 37.6 Å². The lowest BCUT2D eigenvalue weighted by Crippen LogP contribution is -2.52. The van der Waals surface area contributed by atoms with E-state index >= 15 is 0 Å². The first-order valence-corrected chi connectivity index (χ1v) is 9.10.